The molecule has 20 heavy (non-hydrogen) atoms. The number of rotatable bonds is 6. The second-order valence-electron chi connectivity index (χ2n) is 4.80. The van der Waals surface area contributed by atoms with Gasteiger partial charge in [0.05, 0.1) is 6.26 Å². The van der Waals surface area contributed by atoms with Gasteiger partial charge in [0.2, 0.25) is 5.91 Å². The number of nitrogens with zero attached hydrogens (tertiary/aromatic N) is 1. The molecule has 1 aromatic rings. The standard InChI is InChI=1S/C14H21NO4S/c1-5-11(2)15(12(3)16)10-13-8-6-7-9-14(13)19-20(4,17)18/h6-9,11H,5,10H2,1-4H3. The molecule has 0 aliphatic rings. The van der Waals surface area contributed by atoms with Crippen molar-refractivity contribution < 1.29 is 17.4 Å². The number of hydrogen-bond acceptors (Lipinski definition) is 4. The fraction of sp³-hybridized carbons (Fsp3) is 0.500. The van der Waals surface area contributed by atoms with Crippen LogP contribution in [0, 0.1) is 0 Å². The van der Waals surface area contributed by atoms with Crippen LogP contribution in [0.3, 0.4) is 0 Å². The van der Waals surface area contributed by atoms with E-state index in [-0.39, 0.29) is 17.7 Å². The van der Waals surface area contributed by atoms with Gasteiger partial charge in [0.1, 0.15) is 5.75 Å². The maximum absolute atomic E-state index is 11.7. The van der Waals surface area contributed by atoms with Crippen LogP contribution in [0.5, 0.6) is 5.75 Å². The topological polar surface area (TPSA) is 63.7 Å². The van der Waals surface area contributed by atoms with Gasteiger partial charge in [0.25, 0.3) is 0 Å². The first-order valence-electron chi connectivity index (χ1n) is 6.49. The Hall–Kier alpha value is -1.56. The first-order valence-corrected chi connectivity index (χ1v) is 8.30. The Kier molecular flexibility index (Phi) is 5.56. The number of hydrogen-bond donors (Lipinski definition) is 0. The molecule has 5 nitrogen and oxygen atoms in total. The Balaban J connectivity index is 3.04. The number of carbonyl (C=O) groups is 1. The molecule has 0 aliphatic carbocycles. The predicted octanol–water partition coefficient (Wildman–Crippen LogP) is 2.17. The zero-order valence-corrected chi connectivity index (χ0v) is 13.1. The molecule has 0 saturated carbocycles. The van der Waals surface area contributed by atoms with E-state index < -0.39 is 10.1 Å². The van der Waals surface area contributed by atoms with Crippen LogP contribution < -0.4 is 4.18 Å². The highest BCUT2D eigenvalue weighted by Gasteiger charge is 2.18. The van der Waals surface area contributed by atoms with Crippen molar-refractivity contribution in [2.45, 2.75) is 39.8 Å². The van der Waals surface area contributed by atoms with E-state index >= 15 is 0 Å². The molecule has 0 aromatic heterocycles. The van der Waals surface area contributed by atoms with Gasteiger partial charge in [-0.05, 0) is 19.4 Å². The Morgan fingerprint density at radius 2 is 1.95 bits per heavy atom. The summed E-state index contributed by atoms with van der Waals surface area (Å²) in [6.07, 6.45) is 1.83. The zero-order chi connectivity index (χ0) is 15.3. The molecular weight excluding hydrogens is 278 g/mol. The normalized spacial score (nSPS) is 12.8. The first kappa shape index (κ1) is 16.5. The van der Waals surface area contributed by atoms with E-state index in [0.717, 1.165) is 12.7 Å². The smallest absolute Gasteiger partial charge is 0.306 e. The summed E-state index contributed by atoms with van der Waals surface area (Å²) in [7, 11) is -3.58. The number of carbonyl (C=O) groups excluding carboxylic acids is 1. The van der Waals surface area contributed by atoms with Gasteiger partial charge >= 0.3 is 10.1 Å². The lowest BCUT2D eigenvalue weighted by atomic mass is 10.1. The molecule has 0 N–H and O–H groups in total. The molecule has 0 radical (unpaired) electrons. The molecular formula is C14H21NO4S. The maximum Gasteiger partial charge on any atom is 0.306 e. The molecule has 0 spiro atoms. The van der Waals surface area contributed by atoms with Crippen LogP contribution in [0.25, 0.3) is 0 Å². The quantitative estimate of drug-likeness (QED) is 0.755. The van der Waals surface area contributed by atoms with Crippen molar-refractivity contribution in [3.8, 4) is 5.75 Å². The minimum Gasteiger partial charge on any atom is -0.382 e. The van der Waals surface area contributed by atoms with E-state index in [1.165, 1.54) is 6.92 Å². The third-order valence-corrected chi connectivity index (χ3v) is 3.56. The maximum atomic E-state index is 11.7. The predicted molar refractivity (Wildman–Crippen MR) is 77.9 cm³/mol. The van der Waals surface area contributed by atoms with Crippen molar-refractivity contribution >= 4 is 16.0 Å². The molecule has 1 unspecified atom stereocenters. The third-order valence-electron chi connectivity index (χ3n) is 3.08. The number of para-hydroxylation sites is 1. The van der Waals surface area contributed by atoms with Gasteiger partial charge in [-0.1, -0.05) is 25.1 Å². The van der Waals surface area contributed by atoms with E-state index in [0.29, 0.717) is 12.1 Å². The fourth-order valence-electron chi connectivity index (χ4n) is 1.86. The summed E-state index contributed by atoms with van der Waals surface area (Å²) in [5.74, 6) is 0.220. The lowest BCUT2D eigenvalue weighted by Gasteiger charge is -2.28. The SMILES string of the molecule is CCC(C)N(Cc1ccccc1OS(C)(=O)=O)C(C)=O. The lowest BCUT2D eigenvalue weighted by Crippen LogP contribution is -2.36. The lowest BCUT2D eigenvalue weighted by molar-refractivity contribution is -0.131. The fourth-order valence-corrected chi connectivity index (χ4v) is 2.35. The van der Waals surface area contributed by atoms with Gasteiger partial charge in [0, 0.05) is 25.1 Å². The highest BCUT2D eigenvalue weighted by Crippen LogP contribution is 2.22. The first-order chi connectivity index (χ1) is 9.24. The molecule has 0 bridgehead atoms. The van der Waals surface area contributed by atoms with Gasteiger partial charge in [-0.2, -0.15) is 8.42 Å². The molecule has 1 rings (SSSR count). The van der Waals surface area contributed by atoms with Crippen molar-refractivity contribution in [1.82, 2.24) is 4.90 Å². The summed E-state index contributed by atoms with van der Waals surface area (Å²) in [5, 5.41) is 0. The van der Waals surface area contributed by atoms with E-state index in [9.17, 15) is 13.2 Å². The Morgan fingerprint density at radius 3 is 2.45 bits per heavy atom. The van der Waals surface area contributed by atoms with E-state index in [2.05, 4.69) is 0 Å². The minimum absolute atomic E-state index is 0.0477. The monoisotopic (exact) mass is 299 g/mol. The van der Waals surface area contributed by atoms with Crippen LogP contribution in [0.2, 0.25) is 0 Å². The molecule has 0 fully saturated rings. The van der Waals surface area contributed by atoms with Crippen LogP contribution in [0.4, 0.5) is 0 Å². The van der Waals surface area contributed by atoms with E-state index in [4.69, 9.17) is 4.18 Å². The Bertz CT molecular complexity index is 568. The van der Waals surface area contributed by atoms with Gasteiger partial charge in [-0.25, -0.2) is 0 Å². The second-order valence-corrected chi connectivity index (χ2v) is 6.37. The average molecular weight is 299 g/mol. The Labute approximate surface area is 120 Å². The molecule has 0 heterocycles. The zero-order valence-electron chi connectivity index (χ0n) is 12.3. The minimum atomic E-state index is -3.58. The van der Waals surface area contributed by atoms with Crippen molar-refractivity contribution in [3.05, 3.63) is 29.8 Å². The average Bonchev–Trinajstić information content (AvgIpc) is 2.34. The van der Waals surface area contributed by atoms with Gasteiger partial charge in [-0.3, -0.25) is 4.79 Å². The molecule has 0 aliphatic heterocycles. The van der Waals surface area contributed by atoms with Gasteiger partial charge in [-0.15, -0.1) is 0 Å². The van der Waals surface area contributed by atoms with E-state index in [1.54, 1.807) is 29.2 Å². The summed E-state index contributed by atoms with van der Waals surface area (Å²) in [4.78, 5) is 13.4. The second kappa shape index (κ2) is 6.74. The van der Waals surface area contributed by atoms with Crippen molar-refractivity contribution in [1.29, 1.82) is 0 Å². The molecule has 0 saturated heterocycles. The molecule has 112 valence electrons. The summed E-state index contributed by atoms with van der Waals surface area (Å²) in [5.41, 5.74) is 0.674. The highest BCUT2D eigenvalue weighted by molar-refractivity contribution is 7.86. The van der Waals surface area contributed by atoms with Gasteiger partial charge in [0.15, 0.2) is 0 Å². The molecule has 1 aromatic carbocycles. The molecule has 1 atom stereocenters. The molecule has 6 heteroatoms. The number of amides is 1. The summed E-state index contributed by atoms with van der Waals surface area (Å²) in [6, 6.07) is 6.92. The summed E-state index contributed by atoms with van der Waals surface area (Å²) < 4.78 is 27.5. The van der Waals surface area contributed by atoms with Crippen LogP contribution in [-0.2, 0) is 21.5 Å². The van der Waals surface area contributed by atoms with Crippen LogP contribution in [-0.4, -0.2) is 31.5 Å². The summed E-state index contributed by atoms with van der Waals surface area (Å²) in [6.45, 7) is 5.79. The third kappa shape index (κ3) is 4.85. The summed E-state index contributed by atoms with van der Waals surface area (Å²) >= 11 is 0. The van der Waals surface area contributed by atoms with Crippen molar-refractivity contribution in [3.63, 3.8) is 0 Å². The highest BCUT2D eigenvalue weighted by atomic mass is 32.2. The van der Waals surface area contributed by atoms with Crippen LogP contribution in [0.1, 0.15) is 32.8 Å². The van der Waals surface area contributed by atoms with Gasteiger partial charge < -0.3 is 9.08 Å². The van der Waals surface area contributed by atoms with Crippen molar-refractivity contribution in [2.24, 2.45) is 0 Å². The van der Waals surface area contributed by atoms with Crippen molar-refractivity contribution in [2.75, 3.05) is 6.26 Å². The largest absolute Gasteiger partial charge is 0.382 e. The molecule has 1 amide bonds. The number of benzene rings is 1. The Morgan fingerprint density at radius 1 is 1.35 bits per heavy atom. The van der Waals surface area contributed by atoms with Crippen LogP contribution >= 0.6 is 0 Å². The van der Waals surface area contributed by atoms with Crippen LogP contribution in [0.15, 0.2) is 24.3 Å². The van der Waals surface area contributed by atoms with E-state index in [1.807, 2.05) is 13.8 Å².